The Bertz CT molecular complexity index is 355. The van der Waals surface area contributed by atoms with Gasteiger partial charge in [0.15, 0.2) is 0 Å². The second kappa shape index (κ2) is 7.57. The topological polar surface area (TPSA) is 61.4 Å². The molecule has 1 aliphatic heterocycles. The lowest BCUT2D eigenvalue weighted by Crippen LogP contribution is -2.51. The van der Waals surface area contributed by atoms with E-state index in [0.29, 0.717) is 24.9 Å². The quantitative estimate of drug-likeness (QED) is 0.740. The second-order valence-corrected chi connectivity index (χ2v) is 7.51. The van der Waals surface area contributed by atoms with E-state index in [9.17, 15) is 8.42 Å². The molecule has 0 amide bonds. The summed E-state index contributed by atoms with van der Waals surface area (Å²) in [5.41, 5.74) is 0. The van der Waals surface area contributed by atoms with E-state index in [2.05, 4.69) is 23.9 Å². The fourth-order valence-electron chi connectivity index (χ4n) is 2.66. The Hall–Kier alpha value is -0.170. The first-order valence-corrected chi connectivity index (χ1v) is 8.76. The van der Waals surface area contributed by atoms with Crippen molar-refractivity contribution in [2.24, 2.45) is 11.8 Å². The van der Waals surface area contributed by atoms with Gasteiger partial charge in [-0.25, -0.2) is 0 Å². The summed E-state index contributed by atoms with van der Waals surface area (Å²) in [6, 6.07) is 0.0228. The number of piperidine rings is 1. The van der Waals surface area contributed by atoms with Crippen LogP contribution in [0.2, 0.25) is 0 Å². The summed E-state index contributed by atoms with van der Waals surface area (Å²) in [7, 11) is -1.42. The molecule has 114 valence electrons. The zero-order valence-corrected chi connectivity index (χ0v) is 13.5. The fourth-order valence-corrected chi connectivity index (χ4v) is 4.40. The van der Waals surface area contributed by atoms with E-state index >= 15 is 0 Å². The monoisotopic (exact) mass is 291 g/mol. The van der Waals surface area contributed by atoms with Gasteiger partial charge in [-0.05, 0) is 44.7 Å². The average molecular weight is 291 g/mol. The average Bonchev–Trinajstić information content (AvgIpc) is 2.36. The Morgan fingerprint density at radius 1 is 1.37 bits per heavy atom. The van der Waals surface area contributed by atoms with Crippen LogP contribution >= 0.6 is 0 Å². The third kappa shape index (κ3) is 5.02. The molecule has 2 atom stereocenters. The van der Waals surface area contributed by atoms with Crippen molar-refractivity contribution in [3.05, 3.63) is 0 Å². The molecule has 0 bridgehead atoms. The van der Waals surface area contributed by atoms with Gasteiger partial charge in [-0.3, -0.25) is 0 Å². The van der Waals surface area contributed by atoms with Crippen LogP contribution in [-0.4, -0.2) is 45.4 Å². The largest absolute Gasteiger partial charge is 0.319 e. The standard InChI is InChI=1S/C13H29N3O2S/c1-5-13(11(2)3)15-19(17,18)16-8-6-7-12(10-16)9-14-4/h11-15H,5-10H2,1-4H3. The van der Waals surface area contributed by atoms with Gasteiger partial charge in [-0.2, -0.15) is 17.4 Å². The van der Waals surface area contributed by atoms with Crippen molar-refractivity contribution >= 4 is 10.2 Å². The van der Waals surface area contributed by atoms with Gasteiger partial charge in [0.1, 0.15) is 0 Å². The highest BCUT2D eigenvalue weighted by Gasteiger charge is 2.30. The molecule has 1 saturated heterocycles. The van der Waals surface area contributed by atoms with E-state index in [0.717, 1.165) is 25.8 Å². The van der Waals surface area contributed by atoms with Gasteiger partial charge in [-0.1, -0.05) is 20.8 Å². The van der Waals surface area contributed by atoms with Crippen molar-refractivity contribution in [2.75, 3.05) is 26.7 Å². The zero-order chi connectivity index (χ0) is 14.5. The number of hydrogen-bond donors (Lipinski definition) is 2. The summed E-state index contributed by atoms with van der Waals surface area (Å²) in [4.78, 5) is 0. The summed E-state index contributed by atoms with van der Waals surface area (Å²) in [6.45, 7) is 8.28. The van der Waals surface area contributed by atoms with Crippen LogP contribution in [0.15, 0.2) is 0 Å². The van der Waals surface area contributed by atoms with Crippen LogP contribution in [0.25, 0.3) is 0 Å². The molecule has 1 rings (SSSR count). The number of rotatable bonds is 7. The molecule has 2 unspecified atom stereocenters. The molecule has 0 aromatic heterocycles. The Morgan fingerprint density at radius 3 is 2.58 bits per heavy atom. The lowest BCUT2D eigenvalue weighted by molar-refractivity contribution is 0.257. The summed E-state index contributed by atoms with van der Waals surface area (Å²) in [5.74, 6) is 0.743. The van der Waals surface area contributed by atoms with E-state index in [1.54, 1.807) is 4.31 Å². The van der Waals surface area contributed by atoms with Crippen LogP contribution in [0, 0.1) is 11.8 Å². The Morgan fingerprint density at radius 2 is 2.05 bits per heavy atom. The van der Waals surface area contributed by atoms with Gasteiger partial charge in [0, 0.05) is 19.1 Å². The second-order valence-electron chi connectivity index (χ2n) is 5.81. The molecule has 1 heterocycles. The molecule has 5 nitrogen and oxygen atoms in total. The maximum absolute atomic E-state index is 12.4. The van der Waals surface area contributed by atoms with Crippen molar-refractivity contribution in [1.29, 1.82) is 0 Å². The zero-order valence-electron chi connectivity index (χ0n) is 12.6. The van der Waals surface area contributed by atoms with Gasteiger partial charge in [0.25, 0.3) is 10.2 Å². The Labute approximate surface area is 118 Å². The van der Waals surface area contributed by atoms with Gasteiger partial charge in [0.05, 0.1) is 0 Å². The third-order valence-electron chi connectivity index (χ3n) is 3.86. The molecule has 0 spiro atoms. The van der Waals surface area contributed by atoms with Crippen molar-refractivity contribution in [1.82, 2.24) is 14.3 Å². The summed E-state index contributed by atoms with van der Waals surface area (Å²) in [5, 5.41) is 3.14. The van der Waals surface area contributed by atoms with Gasteiger partial charge < -0.3 is 5.32 Å². The van der Waals surface area contributed by atoms with Gasteiger partial charge in [0.2, 0.25) is 0 Å². The first kappa shape index (κ1) is 16.9. The minimum Gasteiger partial charge on any atom is -0.319 e. The van der Waals surface area contributed by atoms with E-state index < -0.39 is 10.2 Å². The molecule has 0 aliphatic carbocycles. The van der Waals surface area contributed by atoms with Crippen molar-refractivity contribution in [3.63, 3.8) is 0 Å². The molecule has 19 heavy (non-hydrogen) atoms. The molecule has 0 aromatic rings. The molecule has 0 radical (unpaired) electrons. The molecule has 6 heteroatoms. The van der Waals surface area contributed by atoms with Crippen molar-refractivity contribution in [3.8, 4) is 0 Å². The third-order valence-corrected chi connectivity index (χ3v) is 5.47. The van der Waals surface area contributed by atoms with Crippen LogP contribution in [0.1, 0.15) is 40.0 Å². The van der Waals surface area contributed by atoms with Gasteiger partial charge in [-0.15, -0.1) is 0 Å². The predicted molar refractivity (Wildman–Crippen MR) is 79.2 cm³/mol. The molecule has 0 aromatic carbocycles. The lowest BCUT2D eigenvalue weighted by Gasteiger charge is -2.33. The number of nitrogens with zero attached hydrogens (tertiary/aromatic N) is 1. The van der Waals surface area contributed by atoms with Crippen LogP contribution < -0.4 is 10.0 Å². The SMILES string of the molecule is CCC(NS(=O)(=O)N1CCCC(CNC)C1)C(C)C. The highest BCUT2D eigenvalue weighted by molar-refractivity contribution is 7.87. The summed E-state index contributed by atoms with van der Waals surface area (Å²) >= 11 is 0. The number of hydrogen-bond acceptors (Lipinski definition) is 3. The van der Waals surface area contributed by atoms with Crippen LogP contribution in [0.5, 0.6) is 0 Å². The molecule has 2 N–H and O–H groups in total. The first-order chi connectivity index (χ1) is 8.90. The summed E-state index contributed by atoms with van der Waals surface area (Å²) < 4.78 is 29.3. The highest BCUT2D eigenvalue weighted by atomic mass is 32.2. The van der Waals surface area contributed by atoms with Crippen LogP contribution in [0.4, 0.5) is 0 Å². The lowest BCUT2D eigenvalue weighted by atomic mass is 10.00. The number of nitrogens with one attached hydrogen (secondary N) is 2. The van der Waals surface area contributed by atoms with Crippen LogP contribution in [-0.2, 0) is 10.2 Å². The van der Waals surface area contributed by atoms with E-state index in [1.165, 1.54) is 0 Å². The molecule has 1 fully saturated rings. The Balaban J connectivity index is 2.65. The molecular weight excluding hydrogens is 262 g/mol. The normalized spacial score (nSPS) is 23.7. The molecule has 0 saturated carbocycles. The molecular formula is C13H29N3O2S. The van der Waals surface area contributed by atoms with E-state index in [-0.39, 0.29) is 6.04 Å². The minimum absolute atomic E-state index is 0.0228. The van der Waals surface area contributed by atoms with Crippen molar-refractivity contribution < 1.29 is 8.42 Å². The van der Waals surface area contributed by atoms with E-state index in [4.69, 9.17) is 0 Å². The Kier molecular flexibility index (Phi) is 6.73. The maximum atomic E-state index is 12.4. The minimum atomic E-state index is -3.34. The van der Waals surface area contributed by atoms with Crippen molar-refractivity contribution in [2.45, 2.75) is 46.1 Å². The summed E-state index contributed by atoms with van der Waals surface area (Å²) in [6.07, 6.45) is 2.88. The molecule has 1 aliphatic rings. The maximum Gasteiger partial charge on any atom is 0.279 e. The first-order valence-electron chi connectivity index (χ1n) is 7.32. The van der Waals surface area contributed by atoms with Crippen LogP contribution in [0.3, 0.4) is 0 Å². The van der Waals surface area contributed by atoms with Gasteiger partial charge >= 0.3 is 0 Å². The highest BCUT2D eigenvalue weighted by Crippen LogP contribution is 2.19. The smallest absolute Gasteiger partial charge is 0.279 e. The van der Waals surface area contributed by atoms with E-state index in [1.807, 2.05) is 14.0 Å². The fraction of sp³-hybridized carbons (Fsp3) is 1.00. The predicted octanol–water partition coefficient (Wildman–Crippen LogP) is 1.19.